The highest BCUT2D eigenvalue weighted by Crippen LogP contribution is 2.38. The Bertz CT molecular complexity index is 936. The molecule has 0 saturated carbocycles. The fourth-order valence-corrected chi connectivity index (χ4v) is 4.76. The summed E-state index contributed by atoms with van der Waals surface area (Å²) < 4.78 is 2.02. The second kappa shape index (κ2) is 8.95. The van der Waals surface area contributed by atoms with E-state index in [9.17, 15) is 0 Å². The minimum Gasteiger partial charge on any atom is -0.330 e. The smallest absolute Gasteiger partial charge is 0.330 e. The van der Waals surface area contributed by atoms with Crippen molar-refractivity contribution in [1.29, 1.82) is 0 Å². The van der Waals surface area contributed by atoms with Crippen LogP contribution in [0.15, 0.2) is 71.3 Å². The van der Waals surface area contributed by atoms with E-state index in [-0.39, 0.29) is 12.0 Å². The summed E-state index contributed by atoms with van der Waals surface area (Å²) in [5.41, 5.74) is 17.0. The van der Waals surface area contributed by atoms with Crippen molar-refractivity contribution in [2.75, 3.05) is 32.4 Å². The van der Waals surface area contributed by atoms with E-state index in [1.807, 2.05) is 10.8 Å². The van der Waals surface area contributed by atoms with E-state index in [0.29, 0.717) is 11.7 Å². The first-order chi connectivity index (χ1) is 14.2. The van der Waals surface area contributed by atoms with Gasteiger partial charge in [0.05, 0.1) is 11.6 Å². The van der Waals surface area contributed by atoms with Crippen LogP contribution in [0.3, 0.4) is 0 Å². The van der Waals surface area contributed by atoms with Gasteiger partial charge in [0.25, 0.3) is 0 Å². The third-order valence-electron chi connectivity index (χ3n) is 5.36. The molecule has 5 nitrogen and oxygen atoms in total. The highest BCUT2D eigenvalue weighted by molar-refractivity contribution is 8.13. The number of hydrogen-bond donors (Lipinski definition) is 2. The molecule has 0 spiro atoms. The van der Waals surface area contributed by atoms with Crippen LogP contribution in [0.2, 0.25) is 0 Å². The highest BCUT2D eigenvalue weighted by atomic mass is 32.2. The Morgan fingerprint density at radius 1 is 1.17 bits per heavy atom. The van der Waals surface area contributed by atoms with E-state index >= 15 is 0 Å². The van der Waals surface area contributed by atoms with Gasteiger partial charge in [-0.25, -0.2) is 0 Å². The highest BCUT2D eigenvalue weighted by Gasteiger charge is 2.45. The summed E-state index contributed by atoms with van der Waals surface area (Å²) in [6.45, 7) is 2.43. The molecule has 1 saturated heterocycles. The molecule has 6 heteroatoms. The Hall–Kier alpha value is -2.41. The molecule has 2 aromatic rings. The molecule has 0 aliphatic carbocycles. The average molecular weight is 407 g/mol. The van der Waals surface area contributed by atoms with Crippen LogP contribution in [-0.4, -0.2) is 52.9 Å². The van der Waals surface area contributed by atoms with Gasteiger partial charge >= 0.3 is 5.17 Å². The Morgan fingerprint density at radius 2 is 1.86 bits per heavy atom. The SMILES string of the molecule is CN1C/C(=C\c2ccccc2)C2=N/[N+](=C(\N)SCCN)[C@H](c3ccccc3)[C@@H]2C1. The lowest BCUT2D eigenvalue weighted by molar-refractivity contribution is -0.571. The van der Waals surface area contributed by atoms with Crippen LogP contribution in [0.5, 0.6) is 0 Å². The molecule has 150 valence electrons. The number of likely N-dealkylation sites (N-methyl/N-ethyl adjacent to an activating group) is 1. The van der Waals surface area contributed by atoms with Gasteiger partial charge in [-0.1, -0.05) is 65.8 Å². The van der Waals surface area contributed by atoms with Crippen molar-refractivity contribution < 1.29 is 4.68 Å². The molecule has 0 bridgehead atoms. The molecule has 2 aliphatic rings. The van der Waals surface area contributed by atoms with Crippen LogP contribution in [-0.2, 0) is 0 Å². The lowest BCUT2D eigenvalue weighted by Crippen LogP contribution is -2.41. The number of thioether (sulfide) groups is 1. The Morgan fingerprint density at radius 3 is 2.55 bits per heavy atom. The first kappa shape index (κ1) is 19.9. The predicted octanol–water partition coefficient (Wildman–Crippen LogP) is 2.76. The number of nitrogens with two attached hydrogens (primary N) is 2. The van der Waals surface area contributed by atoms with Crippen LogP contribution >= 0.6 is 11.8 Å². The van der Waals surface area contributed by atoms with Crippen LogP contribution in [0.25, 0.3) is 6.08 Å². The van der Waals surface area contributed by atoms with Gasteiger partial charge in [0.2, 0.25) is 0 Å². The molecule has 2 heterocycles. The van der Waals surface area contributed by atoms with Crippen molar-refractivity contribution in [3.8, 4) is 0 Å². The third kappa shape index (κ3) is 4.29. The molecule has 0 unspecified atom stereocenters. The number of likely N-dealkylation sites (tertiary alicyclic amines) is 1. The molecule has 4 rings (SSSR count). The zero-order chi connectivity index (χ0) is 20.2. The zero-order valence-electron chi connectivity index (χ0n) is 16.7. The normalized spacial score (nSPS) is 25.0. The average Bonchev–Trinajstić information content (AvgIpc) is 3.13. The summed E-state index contributed by atoms with van der Waals surface area (Å²) in [4.78, 5) is 2.38. The zero-order valence-corrected chi connectivity index (χ0v) is 17.6. The summed E-state index contributed by atoms with van der Waals surface area (Å²) in [7, 11) is 2.18. The van der Waals surface area contributed by atoms with Crippen LogP contribution in [0, 0.1) is 5.92 Å². The number of piperidine rings is 1. The Labute approximate surface area is 176 Å². The maximum absolute atomic E-state index is 6.49. The maximum atomic E-state index is 6.49. The Balaban J connectivity index is 1.79. The number of fused-ring (bicyclic) bond motifs is 1. The predicted molar refractivity (Wildman–Crippen MR) is 123 cm³/mol. The maximum Gasteiger partial charge on any atom is 0.330 e. The first-order valence-corrected chi connectivity index (χ1v) is 11.0. The number of hydrogen-bond acceptors (Lipinski definition) is 4. The van der Waals surface area contributed by atoms with Gasteiger partial charge in [-0.05, 0) is 41.6 Å². The summed E-state index contributed by atoms with van der Waals surface area (Å²) >= 11 is 1.58. The lowest BCUT2D eigenvalue weighted by atomic mass is 9.83. The number of nitrogens with zero attached hydrogens (tertiary/aromatic N) is 3. The second-order valence-corrected chi connectivity index (χ2v) is 8.66. The molecule has 29 heavy (non-hydrogen) atoms. The van der Waals surface area contributed by atoms with Gasteiger partial charge in [-0.3, -0.25) is 5.73 Å². The van der Waals surface area contributed by atoms with Crippen LogP contribution < -0.4 is 11.5 Å². The quantitative estimate of drug-likeness (QED) is 0.605. The number of rotatable bonds is 4. The molecular weight excluding hydrogens is 378 g/mol. The van der Waals surface area contributed by atoms with E-state index in [2.05, 4.69) is 72.6 Å². The molecule has 4 N–H and O–H groups in total. The van der Waals surface area contributed by atoms with E-state index in [1.54, 1.807) is 11.8 Å². The fourth-order valence-electron chi connectivity index (χ4n) is 4.14. The van der Waals surface area contributed by atoms with Gasteiger partial charge in [-0.2, -0.15) is 0 Å². The van der Waals surface area contributed by atoms with E-state index in [0.717, 1.165) is 24.6 Å². The summed E-state index contributed by atoms with van der Waals surface area (Å²) in [5, 5.41) is 5.78. The summed E-state index contributed by atoms with van der Waals surface area (Å²) in [6, 6.07) is 21.1. The van der Waals surface area contributed by atoms with Crippen molar-refractivity contribution in [2.24, 2.45) is 22.5 Å². The van der Waals surface area contributed by atoms with Crippen LogP contribution in [0.4, 0.5) is 0 Å². The molecule has 1 fully saturated rings. The van der Waals surface area contributed by atoms with E-state index in [1.165, 1.54) is 16.7 Å². The molecular formula is C23H28N5S+. The van der Waals surface area contributed by atoms with Crippen molar-refractivity contribution in [2.45, 2.75) is 6.04 Å². The van der Waals surface area contributed by atoms with Gasteiger partial charge in [-0.15, -0.1) is 4.68 Å². The van der Waals surface area contributed by atoms with Gasteiger partial charge in [0, 0.05) is 25.4 Å². The molecule has 0 radical (unpaired) electrons. The van der Waals surface area contributed by atoms with Crippen molar-refractivity contribution in [3.05, 3.63) is 77.4 Å². The molecule has 0 aromatic heterocycles. The third-order valence-corrected chi connectivity index (χ3v) is 6.29. The number of amidine groups is 1. The topological polar surface area (TPSA) is 70.6 Å². The minimum absolute atomic E-state index is 0.0957. The second-order valence-electron chi connectivity index (χ2n) is 7.54. The van der Waals surface area contributed by atoms with Crippen molar-refractivity contribution in [1.82, 2.24) is 4.90 Å². The minimum atomic E-state index is 0.0957. The molecule has 2 aliphatic heterocycles. The van der Waals surface area contributed by atoms with Crippen LogP contribution in [0.1, 0.15) is 17.2 Å². The summed E-state index contributed by atoms with van der Waals surface area (Å²) in [6.07, 6.45) is 2.26. The Kier molecular flexibility index (Phi) is 6.13. The standard InChI is InChI=1S/C23H27N5S/c1-27-15-19(14-17-8-4-2-5-9-17)21-20(16-27)22(18-10-6-3-7-11-18)28(26-21)23(25)29-13-12-24/h2-11,14,20,22,25H,12-13,15-16,24H2,1H3/p+1/b19-14+/t20-,22-/m1/s1. The molecule has 2 aromatic carbocycles. The van der Waals surface area contributed by atoms with Crippen molar-refractivity contribution >= 4 is 28.7 Å². The van der Waals surface area contributed by atoms with E-state index in [4.69, 9.17) is 16.6 Å². The van der Waals surface area contributed by atoms with Crippen molar-refractivity contribution in [3.63, 3.8) is 0 Å². The fraction of sp³-hybridized carbons (Fsp3) is 0.304. The number of hydrazone groups is 1. The van der Waals surface area contributed by atoms with Gasteiger partial charge < -0.3 is 10.6 Å². The van der Waals surface area contributed by atoms with E-state index < -0.39 is 0 Å². The van der Waals surface area contributed by atoms with Gasteiger partial charge in [0.1, 0.15) is 0 Å². The lowest BCUT2D eigenvalue weighted by Gasteiger charge is -2.31. The number of benzene rings is 2. The summed E-state index contributed by atoms with van der Waals surface area (Å²) in [5.74, 6) is 1.05. The largest absolute Gasteiger partial charge is 0.330 e. The van der Waals surface area contributed by atoms with Gasteiger partial charge in [0.15, 0.2) is 6.04 Å². The molecule has 0 amide bonds. The molecule has 2 atom stereocenters. The monoisotopic (exact) mass is 406 g/mol. The first-order valence-electron chi connectivity index (χ1n) is 10.00.